The second-order valence-corrected chi connectivity index (χ2v) is 9.15. The first-order chi connectivity index (χ1) is 14.8. The molecule has 0 aliphatic carbocycles. The van der Waals surface area contributed by atoms with Crippen molar-refractivity contribution in [2.24, 2.45) is 11.8 Å². The quantitative estimate of drug-likeness (QED) is 0.585. The third kappa shape index (κ3) is 3.32. The number of carbonyl (C=O) groups is 3. The van der Waals surface area contributed by atoms with Crippen LogP contribution in [0.5, 0.6) is 0 Å². The molecule has 4 rings (SSSR count). The molecule has 31 heavy (non-hydrogen) atoms. The predicted molar refractivity (Wildman–Crippen MR) is 114 cm³/mol. The fourth-order valence-electron chi connectivity index (χ4n) is 5.60. The molecule has 3 saturated heterocycles. The molecule has 1 spiro atoms. The number of anilines is 1. The highest BCUT2D eigenvalue weighted by Crippen LogP contribution is 2.63. The predicted octanol–water partition coefficient (Wildman–Crippen LogP) is 1.56. The fourth-order valence-corrected chi connectivity index (χ4v) is 5.78. The van der Waals surface area contributed by atoms with Crippen molar-refractivity contribution >= 4 is 35.0 Å². The first-order valence-corrected chi connectivity index (χ1v) is 11.1. The second kappa shape index (κ2) is 8.07. The highest BCUT2D eigenvalue weighted by atomic mass is 35.5. The average Bonchev–Trinajstić information content (AvgIpc) is 3.29. The summed E-state index contributed by atoms with van der Waals surface area (Å²) >= 11 is 6.21. The summed E-state index contributed by atoms with van der Waals surface area (Å²) in [6.45, 7) is 4.01. The molecule has 3 N–H and O–H groups in total. The van der Waals surface area contributed by atoms with Crippen LogP contribution in [0, 0.1) is 11.8 Å². The van der Waals surface area contributed by atoms with E-state index in [9.17, 15) is 19.5 Å². The summed E-state index contributed by atoms with van der Waals surface area (Å²) in [5.74, 6) is -2.43. The van der Waals surface area contributed by atoms with Crippen LogP contribution in [0.1, 0.15) is 33.1 Å². The number of hydrogen-bond acceptors (Lipinski definition) is 5. The van der Waals surface area contributed by atoms with E-state index in [2.05, 4.69) is 10.6 Å². The zero-order chi connectivity index (χ0) is 22.4. The highest BCUT2D eigenvalue weighted by Gasteiger charge is 2.77. The van der Waals surface area contributed by atoms with Gasteiger partial charge in [0.15, 0.2) is 0 Å². The van der Waals surface area contributed by atoms with Crippen molar-refractivity contribution in [3.63, 3.8) is 0 Å². The number of nitrogens with one attached hydrogen (secondary N) is 2. The van der Waals surface area contributed by atoms with Crippen LogP contribution >= 0.6 is 11.6 Å². The standard InChI is InChI=1S/C22H28ClN3O5/c1-3-10-24-18(28)15-16-20(30)26(11-12-27)17(22(16)9-8-21(15,2)31-22)19(29)25-14-7-5-4-6-13(14)23/h4-7,15-17,27H,3,8-12H2,1-2H3,(H,24,28)(H,25,29)/t15-,16-,17?,21+,22?/m0/s1. The molecule has 5 atom stereocenters. The second-order valence-electron chi connectivity index (χ2n) is 8.74. The molecule has 3 aliphatic rings. The molecule has 3 fully saturated rings. The van der Waals surface area contributed by atoms with E-state index in [1.807, 2.05) is 13.8 Å². The van der Waals surface area contributed by atoms with E-state index >= 15 is 0 Å². The van der Waals surface area contributed by atoms with Crippen LogP contribution in [-0.4, -0.2) is 64.7 Å². The van der Waals surface area contributed by atoms with Gasteiger partial charge in [0.25, 0.3) is 0 Å². The Kier molecular flexibility index (Phi) is 5.74. The van der Waals surface area contributed by atoms with Gasteiger partial charge in [-0.1, -0.05) is 30.7 Å². The van der Waals surface area contributed by atoms with Crippen LogP contribution in [0.2, 0.25) is 5.02 Å². The maximum Gasteiger partial charge on any atom is 0.250 e. The van der Waals surface area contributed by atoms with E-state index in [4.69, 9.17) is 16.3 Å². The van der Waals surface area contributed by atoms with E-state index in [0.29, 0.717) is 30.1 Å². The van der Waals surface area contributed by atoms with E-state index in [1.165, 1.54) is 4.90 Å². The van der Waals surface area contributed by atoms with E-state index < -0.39 is 35.0 Å². The molecule has 2 bridgehead atoms. The Balaban J connectivity index is 1.71. The number of nitrogens with zero attached hydrogens (tertiary/aromatic N) is 1. The van der Waals surface area contributed by atoms with Gasteiger partial charge in [-0.2, -0.15) is 0 Å². The molecule has 168 valence electrons. The van der Waals surface area contributed by atoms with Gasteiger partial charge in [0.2, 0.25) is 17.7 Å². The lowest BCUT2D eigenvalue weighted by Gasteiger charge is -2.33. The number of halogens is 1. The van der Waals surface area contributed by atoms with Crippen LogP contribution in [-0.2, 0) is 19.1 Å². The van der Waals surface area contributed by atoms with Crippen LogP contribution < -0.4 is 10.6 Å². The number of amides is 3. The van der Waals surface area contributed by atoms with Gasteiger partial charge in [0.05, 0.1) is 34.8 Å². The minimum atomic E-state index is -1.11. The Morgan fingerprint density at radius 1 is 1.29 bits per heavy atom. The highest BCUT2D eigenvalue weighted by molar-refractivity contribution is 6.33. The number of para-hydroxylation sites is 1. The van der Waals surface area contributed by atoms with Crippen molar-refractivity contribution in [1.29, 1.82) is 0 Å². The maximum atomic E-state index is 13.5. The summed E-state index contributed by atoms with van der Waals surface area (Å²) in [5.41, 5.74) is -1.49. The Hall–Kier alpha value is -2.16. The lowest BCUT2D eigenvalue weighted by Crippen LogP contribution is -2.53. The lowest BCUT2D eigenvalue weighted by molar-refractivity contribution is -0.145. The number of aliphatic hydroxyl groups excluding tert-OH is 1. The third-order valence-electron chi connectivity index (χ3n) is 6.83. The smallest absolute Gasteiger partial charge is 0.250 e. The number of β-amino-alcohol motifs (C(OH)–C–C–N with tert-alkyl or cyclic N) is 1. The van der Waals surface area contributed by atoms with Crippen LogP contribution in [0.15, 0.2) is 24.3 Å². The van der Waals surface area contributed by atoms with Gasteiger partial charge in [-0.25, -0.2) is 0 Å². The van der Waals surface area contributed by atoms with Gasteiger partial charge < -0.3 is 25.4 Å². The average molecular weight is 450 g/mol. The number of rotatable bonds is 7. The van der Waals surface area contributed by atoms with Gasteiger partial charge in [-0.3, -0.25) is 14.4 Å². The van der Waals surface area contributed by atoms with Gasteiger partial charge in [-0.15, -0.1) is 0 Å². The van der Waals surface area contributed by atoms with Gasteiger partial charge >= 0.3 is 0 Å². The molecule has 8 nitrogen and oxygen atoms in total. The molecular weight excluding hydrogens is 422 g/mol. The maximum absolute atomic E-state index is 13.5. The molecule has 3 amide bonds. The Morgan fingerprint density at radius 2 is 2.03 bits per heavy atom. The third-order valence-corrected chi connectivity index (χ3v) is 7.16. The normalized spacial score (nSPS) is 33.5. The number of likely N-dealkylation sites (tertiary alicyclic amines) is 1. The monoisotopic (exact) mass is 449 g/mol. The Labute approximate surface area is 186 Å². The Bertz CT molecular complexity index is 911. The molecule has 0 aromatic heterocycles. The summed E-state index contributed by atoms with van der Waals surface area (Å²) in [6.07, 6.45) is 1.84. The molecule has 0 radical (unpaired) electrons. The van der Waals surface area contributed by atoms with Crippen molar-refractivity contribution < 1.29 is 24.2 Å². The van der Waals surface area contributed by atoms with Crippen LogP contribution in [0.3, 0.4) is 0 Å². The van der Waals surface area contributed by atoms with E-state index in [-0.39, 0.29) is 25.0 Å². The van der Waals surface area contributed by atoms with Crippen molar-refractivity contribution in [3.05, 3.63) is 29.3 Å². The topological polar surface area (TPSA) is 108 Å². The number of hydrogen-bond donors (Lipinski definition) is 3. The molecular formula is C22H28ClN3O5. The summed E-state index contributed by atoms with van der Waals surface area (Å²) in [7, 11) is 0. The van der Waals surface area contributed by atoms with Gasteiger partial charge in [0.1, 0.15) is 11.6 Å². The molecule has 1 aromatic carbocycles. The van der Waals surface area contributed by atoms with Crippen LogP contribution in [0.25, 0.3) is 0 Å². The molecule has 3 aliphatic heterocycles. The number of aliphatic hydroxyl groups is 1. The zero-order valence-corrected chi connectivity index (χ0v) is 18.4. The van der Waals surface area contributed by atoms with E-state index in [0.717, 1.165) is 6.42 Å². The molecule has 1 aromatic rings. The minimum absolute atomic E-state index is 0.0128. The van der Waals surface area contributed by atoms with Crippen molar-refractivity contribution in [2.75, 3.05) is 25.0 Å². The number of ether oxygens (including phenoxy) is 1. The van der Waals surface area contributed by atoms with E-state index in [1.54, 1.807) is 24.3 Å². The molecule has 2 unspecified atom stereocenters. The first kappa shape index (κ1) is 22.0. The Morgan fingerprint density at radius 3 is 2.71 bits per heavy atom. The largest absolute Gasteiger partial charge is 0.395 e. The summed E-state index contributed by atoms with van der Waals surface area (Å²) in [4.78, 5) is 41.3. The van der Waals surface area contributed by atoms with Crippen molar-refractivity contribution in [3.8, 4) is 0 Å². The summed E-state index contributed by atoms with van der Waals surface area (Å²) < 4.78 is 6.43. The van der Waals surface area contributed by atoms with Crippen LogP contribution in [0.4, 0.5) is 5.69 Å². The van der Waals surface area contributed by atoms with Gasteiger partial charge in [0, 0.05) is 13.1 Å². The minimum Gasteiger partial charge on any atom is -0.395 e. The first-order valence-electron chi connectivity index (χ1n) is 10.7. The summed E-state index contributed by atoms with van der Waals surface area (Å²) in [6, 6.07) is 5.89. The molecule has 9 heteroatoms. The van der Waals surface area contributed by atoms with Crippen molar-refractivity contribution in [2.45, 2.75) is 50.4 Å². The number of fused-ring (bicyclic) bond motifs is 1. The zero-order valence-electron chi connectivity index (χ0n) is 17.7. The molecule has 0 saturated carbocycles. The lowest BCUT2D eigenvalue weighted by atomic mass is 9.66. The SMILES string of the molecule is CCCNC(=O)[C@@H]1[C@H]2C(=O)N(CCO)C(C(=O)Nc3ccccc3Cl)C23CC[C@@]1(C)O3. The van der Waals surface area contributed by atoms with Gasteiger partial charge in [-0.05, 0) is 38.3 Å². The van der Waals surface area contributed by atoms with Crippen molar-refractivity contribution in [1.82, 2.24) is 10.2 Å². The summed E-state index contributed by atoms with van der Waals surface area (Å²) in [5, 5.41) is 15.7. The molecule has 3 heterocycles. The fraction of sp³-hybridized carbons (Fsp3) is 0.591. The number of benzene rings is 1. The number of carbonyl (C=O) groups excluding carboxylic acids is 3.